The number of piperidine rings is 1. The van der Waals surface area contributed by atoms with Crippen molar-refractivity contribution < 1.29 is 4.39 Å². The summed E-state index contributed by atoms with van der Waals surface area (Å²) in [5.41, 5.74) is 1.17. The quantitative estimate of drug-likeness (QED) is 0.821. The molecule has 1 aliphatic heterocycles. The normalized spacial score (nSPS) is 20.1. The lowest BCUT2D eigenvalue weighted by Gasteiger charge is -2.36. The Balaban J connectivity index is 1.94. The van der Waals surface area contributed by atoms with Crippen LogP contribution >= 0.6 is 15.9 Å². The third kappa shape index (κ3) is 5.35. The highest BCUT2D eigenvalue weighted by atomic mass is 79.9. The van der Waals surface area contributed by atoms with Gasteiger partial charge in [0.25, 0.3) is 0 Å². The summed E-state index contributed by atoms with van der Waals surface area (Å²) >= 11 is 3.48. The van der Waals surface area contributed by atoms with Crippen molar-refractivity contribution in [3.05, 3.63) is 34.1 Å². The van der Waals surface area contributed by atoms with E-state index in [4.69, 9.17) is 0 Å². The van der Waals surface area contributed by atoms with Gasteiger partial charge in [0, 0.05) is 23.6 Å². The average molecular weight is 357 g/mol. The van der Waals surface area contributed by atoms with Gasteiger partial charge in [0.05, 0.1) is 0 Å². The Labute approximate surface area is 136 Å². The molecule has 1 atom stereocenters. The highest BCUT2D eigenvalue weighted by Gasteiger charge is 2.22. The Kier molecular flexibility index (Phi) is 6.65. The number of halogens is 2. The van der Waals surface area contributed by atoms with Crippen LogP contribution in [0.25, 0.3) is 0 Å². The minimum absolute atomic E-state index is 0.181. The summed E-state index contributed by atoms with van der Waals surface area (Å²) in [4.78, 5) is 2.54. The summed E-state index contributed by atoms with van der Waals surface area (Å²) in [6.07, 6.45) is 3.83. The second kappa shape index (κ2) is 8.25. The van der Waals surface area contributed by atoms with E-state index in [1.54, 1.807) is 12.1 Å². The Hall–Kier alpha value is -0.450. The number of hydrogen-bond donors (Lipinski definition) is 1. The average Bonchev–Trinajstić information content (AvgIpc) is 2.43. The summed E-state index contributed by atoms with van der Waals surface area (Å²) in [5.74, 6) is 0.507. The number of nitrogens with one attached hydrogen (secondary N) is 1. The SMILES string of the molecule is CC(C)CNCC1CCCCN1Cc1ccc(F)cc1Br. The van der Waals surface area contributed by atoms with E-state index in [-0.39, 0.29) is 5.82 Å². The van der Waals surface area contributed by atoms with E-state index in [0.717, 1.165) is 30.7 Å². The fourth-order valence-electron chi connectivity index (χ4n) is 2.91. The van der Waals surface area contributed by atoms with Crippen molar-refractivity contribution in [1.29, 1.82) is 0 Å². The van der Waals surface area contributed by atoms with Crippen LogP contribution in [0.2, 0.25) is 0 Å². The summed E-state index contributed by atoms with van der Waals surface area (Å²) in [5, 5.41) is 3.58. The summed E-state index contributed by atoms with van der Waals surface area (Å²) < 4.78 is 14.1. The van der Waals surface area contributed by atoms with Crippen LogP contribution in [-0.2, 0) is 6.54 Å². The second-order valence-electron chi connectivity index (χ2n) is 6.41. The molecular weight excluding hydrogens is 331 g/mol. The number of likely N-dealkylation sites (tertiary alicyclic amines) is 1. The molecule has 0 bridgehead atoms. The first-order valence-corrected chi connectivity index (χ1v) is 8.74. The van der Waals surface area contributed by atoms with Gasteiger partial charge in [0.2, 0.25) is 0 Å². The maximum absolute atomic E-state index is 13.2. The number of rotatable bonds is 6. The molecule has 118 valence electrons. The van der Waals surface area contributed by atoms with E-state index in [1.807, 2.05) is 6.07 Å². The van der Waals surface area contributed by atoms with Crippen molar-refractivity contribution in [2.24, 2.45) is 5.92 Å². The third-order valence-corrected chi connectivity index (χ3v) is 4.81. The van der Waals surface area contributed by atoms with Crippen LogP contribution in [-0.4, -0.2) is 30.6 Å². The molecule has 1 saturated heterocycles. The van der Waals surface area contributed by atoms with Gasteiger partial charge in [0.1, 0.15) is 5.82 Å². The summed E-state index contributed by atoms with van der Waals surface area (Å²) in [7, 11) is 0. The Morgan fingerprint density at radius 3 is 2.90 bits per heavy atom. The van der Waals surface area contributed by atoms with Gasteiger partial charge >= 0.3 is 0 Å². The molecule has 0 aliphatic carbocycles. The summed E-state index contributed by atoms with van der Waals surface area (Å²) in [6, 6.07) is 5.60. The van der Waals surface area contributed by atoms with Gasteiger partial charge in [-0.05, 0) is 49.5 Å². The number of hydrogen-bond acceptors (Lipinski definition) is 2. The highest BCUT2D eigenvalue weighted by molar-refractivity contribution is 9.10. The number of benzene rings is 1. The molecular formula is C17H26BrFN2. The molecule has 1 fully saturated rings. The highest BCUT2D eigenvalue weighted by Crippen LogP contribution is 2.24. The molecule has 1 heterocycles. The molecule has 0 radical (unpaired) electrons. The summed E-state index contributed by atoms with van der Waals surface area (Å²) in [6.45, 7) is 8.64. The van der Waals surface area contributed by atoms with Gasteiger partial charge in [-0.15, -0.1) is 0 Å². The van der Waals surface area contributed by atoms with E-state index in [0.29, 0.717) is 12.0 Å². The van der Waals surface area contributed by atoms with Gasteiger partial charge in [-0.1, -0.05) is 42.3 Å². The maximum Gasteiger partial charge on any atom is 0.124 e. The van der Waals surface area contributed by atoms with Gasteiger partial charge in [-0.25, -0.2) is 4.39 Å². The molecule has 0 saturated carbocycles. The zero-order valence-corrected chi connectivity index (χ0v) is 14.6. The molecule has 1 aromatic rings. The molecule has 21 heavy (non-hydrogen) atoms. The van der Waals surface area contributed by atoms with Crippen molar-refractivity contribution >= 4 is 15.9 Å². The molecule has 4 heteroatoms. The van der Waals surface area contributed by atoms with Crippen LogP contribution in [0, 0.1) is 11.7 Å². The molecule has 1 unspecified atom stereocenters. The van der Waals surface area contributed by atoms with Crippen LogP contribution in [0.5, 0.6) is 0 Å². The monoisotopic (exact) mass is 356 g/mol. The van der Waals surface area contributed by atoms with E-state index in [2.05, 4.69) is 40.0 Å². The van der Waals surface area contributed by atoms with Crippen LogP contribution in [0.1, 0.15) is 38.7 Å². The third-order valence-electron chi connectivity index (χ3n) is 4.07. The molecule has 0 amide bonds. The molecule has 1 aliphatic rings. The van der Waals surface area contributed by atoms with Crippen LogP contribution < -0.4 is 5.32 Å². The van der Waals surface area contributed by atoms with Crippen molar-refractivity contribution in [2.75, 3.05) is 19.6 Å². The smallest absolute Gasteiger partial charge is 0.124 e. The van der Waals surface area contributed by atoms with E-state index in [1.165, 1.54) is 24.8 Å². The van der Waals surface area contributed by atoms with Crippen molar-refractivity contribution in [1.82, 2.24) is 10.2 Å². The van der Waals surface area contributed by atoms with Crippen molar-refractivity contribution in [3.8, 4) is 0 Å². The molecule has 0 aromatic heterocycles. The molecule has 0 spiro atoms. The standard InChI is InChI=1S/C17H26BrFN2/c1-13(2)10-20-11-16-5-3-4-8-21(16)12-14-6-7-15(19)9-17(14)18/h6-7,9,13,16,20H,3-5,8,10-12H2,1-2H3. The van der Waals surface area contributed by atoms with Gasteiger partial charge in [-0.2, -0.15) is 0 Å². The topological polar surface area (TPSA) is 15.3 Å². The largest absolute Gasteiger partial charge is 0.315 e. The Morgan fingerprint density at radius 2 is 2.19 bits per heavy atom. The lowest BCUT2D eigenvalue weighted by atomic mass is 10.0. The van der Waals surface area contributed by atoms with Crippen LogP contribution in [0.15, 0.2) is 22.7 Å². The predicted octanol–water partition coefficient (Wildman–Crippen LogP) is 4.19. The zero-order chi connectivity index (χ0) is 15.2. The zero-order valence-electron chi connectivity index (χ0n) is 13.0. The second-order valence-corrected chi connectivity index (χ2v) is 7.26. The minimum Gasteiger partial charge on any atom is -0.315 e. The first kappa shape index (κ1) is 16.9. The van der Waals surface area contributed by atoms with Gasteiger partial charge in [-0.3, -0.25) is 4.90 Å². The van der Waals surface area contributed by atoms with Gasteiger partial charge < -0.3 is 5.32 Å². The Morgan fingerprint density at radius 1 is 1.38 bits per heavy atom. The minimum atomic E-state index is -0.181. The lowest BCUT2D eigenvalue weighted by Crippen LogP contribution is -2.45. The molecule has 2 nitrogen and oxygen atoms in total. The van der Waals surface area contributed by atoms with Crippen LogP contribution in [0.3, 0.4) is 0 Å². The first-order chi connectivity index (χ1) is 10.1. The lowest BCUT2D eigenvalue weighted by molar-refractivity contribution is 0.136. The first-order valence-electron chi connectivity index (χ1n) is 7.95. The van der Waals surface area contributed by atoms with Crippen molar-refractivity contribution in [2.45, 2.75) is 45.7 Å². The van der Waals surface area contributed by atoms with Crippen molar-refractivity contribution in [3.63, 3.8) is 0 Å². The van der Waals surface area contributed by atoms with E-state index < -0.39 is 0 Å². The maximum atomic E-state index is 13.2. The van der Waals surface area contributed by atoms with Gasteiger partial charge in [0.15, 0.2) is 0 Å². The molecule has 2 rings (SSSR count). The predicted molar refractivity (Wildman–Crippen MR) is 89.9 cm³/mol. The van der Waals surface area contributed by atoms with Crippen LogP contribution in [0.4, 0.5) is 4.39 Å². The molecule has 1 N–H and O–H groups in total. The molecule has 1 aromatic carbocycles. The van der Waals surface area contributed by atoms with E-state index in [9.17, 15) is 4.39 Å². The number of nitrogens with zero attached hydrogens (tertiary/aromatic N) is 1. The fourth-order valence-corrected chi connectivity index (χ4v) is 3.38. The van der Waals surface area contributed by atoms with E-state index >= 15 is 0 Å². The fraction of sp³-hybridized carbons (Fsp3) is 0.647. The Bertz CT molecular complexity index is 450.